The Bertz CT molecular complexity index is 134. The van der Waals surface area contributed by atoms with Crippen molar-refractivity contribution in [3.8, 4) is 0 Å². The molecule has 0 aliphatic carbocycles. The molecule has 1 rings (SSSR count). The first-order chi connectivity index (χ1) is 5.34. The van der Waals surface area contributed by atoms with Crippen molar-refractivity contribution in [1.82, 2.24) is 4.90 Å². The fourth-order valence-electron chi connectivity index (χ4n) is 1.08. The summed E-state index contributed by atoms with van der Waals surface area (Å²) >= 11 is 5.12. The van der Waals surface area contributed by atoms with Crippen molar-refractivity contribution < 1.29 is 4.79 Å². The summed E-state index contributed by atoms with van der Waals surface area (Å²) in [5, 5.41) is 0.470. The van der Waals surface area contributed by atoms with Crippen LogP contribution in [0.25, 0.3) is 0 Å². The fraction of sp³-hybridized carbons (Fsp3) is 0.857. The van der Waals surface area contributed by atoms with Gasteiger partial charge in [0.2, 0.25) is 5.91 Å². The van der Waals surface area contributed by atoms with Crippen molar-refractivity contribution in [1.29, 1.82) is 0 Å². The molecule has 64 valence electrons. The van der Waals surface area contributed by atoms with E-state index in [9.17, 15) is 4.79 Å². The van der Waals surface area contributed by atoms with E-state index in [-0.39, 0.29) is 5.91 Å². The van der Waals surface area contributed by atoms with Crippen LogP contribution in [0.1, 0.15) is 6.42 Å². The van der Waals surface area contributed by atoms with E-state index >= 15 is 0 Å². The van der Waals surface area contributed by atoms with Crippen molar-refractivity contribution in [2.24, 2.45) is 0 Å². The molecular formula is C7H12BrNOS. The Balaban J connectivity index is 2.36. The maximum atomic E-state index is 11.2. The molecule has 0 unspecified atom stereocenters. The van der Waals surface area contributed by atoms with Crippen molar-refractivity contribution in [2.75, 3.05) is 29.9 Å². The normalized spacial score (nSPS) is 19.5. The highest BCUT2D eigenvalue weighted by atomic mass is 79.9. The third kappa shape index (κ3) is 3.03. The van der Waals surface area contributed by atoms with Gasteiger partial charge in [0, 0.05) is 18.8 Å². The van der Waals surface area contributed by atoms with Gasteiger partial charge in [0.1, 0.15) is 0 Å². The molecule has 1 aliphatic rings. The molecule has 0 saturated carbocycles. The van der Waals surface area contributed by atoms with E-state index in [2.05, 4.69) is 15.9 Å². The predicted octanol–water partition coefficient (Wildman–Crippen LogP) is 1.35. The smallest absolute Gasteiger partial charge is 0.233 e. The summed E-state index contributed by atoms with van der Waals surface area (Å²) in [4.78, 5) is 13.1. The minimum atomic E-state index is 0.229. The number of alkyl halides is 1. The molecule has 0 aromatic rings. The highest BCUT2D eigenvalue weighted by molar-refractivity contribution is 9.09. The highest BCUT2D eigenvalue weighted by Gasteiger charge is 2.13. The van der Waals surface area contributed by atoms with E-state index in [0.29, 0.717) is 5.33 Å². The lowest BCUT2D eigenvalue weighted by Crippen LogP contribution is -2.33. The number of rotatable bonds is 1. The molecule has 0 aromatic carbocycles. The SMILES string of the molecule is O=C(CBr)N1CCCSCC1. The zero-order valence-corrected chi connectivity index (χ0v) is 8.79. The van der Waals surface area contributed by atoms with Crippen molar-refractivity contribution in [2.45, 2.75) is 6.42 Å². The summed E-state index contributed by atoms with van der Waals surface area (Å²) in [5.41, 5.74) is 0. The van der Waals surface area contributed by atoms with Crippen LogP contribution in [-0.2, 0) is 4.79 Å². The van der Waals surface area contributed by atoms with Crippen LogP contribution < -0.4 is 0 Å². The molecule has 2 nitrogen and oxygen atoms in total. The van der Waals surface area contributed by atoms with E-state index in [4.69, 9.17) is 0 Å². The quantitative estimate of drug-likeness (QED) is 0.642. The Hall–Kier alpha value is 0.300. The molecule has 1 aliphatic heterocycles. The molecule has 0 aromatic heterocycles. The number of carbonyl (C=O) groups excluding carboxylic acids is 1. The van der Waals surface area contributed by atoms with E-state index in [1.807, 2.05) is 16.7 Å². The first kappa shape index (κ1) is 9.39. The van der Waals surface area contributed by atoms with Crippen LogP contribution in [0.4, 0.5) is 0 Å². The first-order valence-electron chi connectivity index (χ1n) is 3.76. The Morgan fingerprint density at radius 1 is 1.45 bits per heavy atom. The average Bonchev–Trinajstić information content (AvgIpc) is 2.30. The molecule has 1 heterocycles. The predicted molar refractivity (Wildman–Crippen MR) is 52.3 cm³/mol. The van der Waals surface area contributed by atoms with Crippen LogP contribution in [0.2, 0.25) is 0 Å². The maximum Gasteiger partial charge on any atom is 0.233 e. The monoisotopic (exact) mass is 237 g/mol. The van der Waals surface area contributed by atoms with Crippen LogP contribution >= 0.6 is 27.7 Å². The maximum absolute atomic E-state index is 11.2. The summed E-state index contributed by atoms with van der Waals surface area (Å²) in [6.07, 6.45) is 1.14. The summed E-state index contributed by atoms with van der Waals surface area (Å²) in [5.74, 6) is 2.53. The number of halogens is 1. The number of thioether (sulfide) groups is 1. The first-order valence-corrected chi connectivity index (χ1v) is 6.03. The van der Waals surface area contributed by atoms with Gasteiger partial charge in [-0.05, 0) is 12.2 Å². The molecule has 11 heavy (non-hydrogen) atoms. The Morgan fingerprint density at radius 3 is 3.00 bits per heavy atom. The van der Waals surface area contributed by atoms with E-state index in [1.54, 1.807) is 0 Å². The van der Waals surface area contributed by atoms with Gasteiger partial charge in [-0.1, -0.05) is 15.9 Å². The van der Waals surface area contributed by atoms with Gasteiger partial charge in [-0.25, -0.2) is 0 Å². The lowest BCUT2D eigenvalue weighted by molar-refractivity contribution is -0.127. The van der Waals surface area contributed by atoms with Crippen LogP contribution in [0.3, 0.4) is 0 Å². The van der Waals surface area contributed by atoms with Gasteiger partial charge >= 0.3 is 0 Å². The molecule has 4 heteroatoms. The zero-order valence-electron chi connectivity index (χ0n) is 6.38. The molecule has 0 radical (unpaired) electrons. The largest absolute Gasteiger partial charge is 0.341 e. The standard InChI is InChI=1S/C7H12BrNOS/c8-6-7(10)9-2-1-4-11-5-3-9/h1-6H2. The van der Waals surface area contributed by atoms with Crippen LogP contribution in [0.5, 0.6) is 0 Å². The third-order valence-electron chi connectivity index (χ3n) is 1.69. The fourth-order valence-corrected chi connectivity index (χ4v) is 2.32. The van der Waals surface area contributed by atoms with Gasteiger partial charge in [-0.15, -0.1) is 0 Å². The van der Waals surface area contributed by atoms with Crippen molar-refractivity contribution in [3.05, 3.63) is 0 Å². The Kier molecular flexibility index (Phi) is 4.30. The Labute approximate surface area is 79.8 Å². The van der Waals surface area contributed by atoms with E-state index in [0.717, 1.165) is 25.3 Å². The van der Waals surface area contributed by atoms with Crippen molar-refractivity contribution >= 4 is 33.6 Å². The molecular weight excluding hydrogens is 226 g/mol. The molecule has 1 amide bonds. The summed E-state index contributed by atoms with van der Waals surface area (Å²) in [6.45, 7) is 1.87. The minimum Gasteiger partial charge on any atom is -0.341 e. The lowest BCUT2D eigenvalue weighted by atomic mass is 10.4. The second-order valence-corrected chi connectivity index (χ2v) is 4.27. The lowest BCUT2D eigenvalue weighted by Gasteiger charge is -2.18. The summed E-state index contributed by atoms with van der Waals surface area (Å²) in [6, 6.07) is 0. The molecule has 0 atom stereocenters. The number of amides is 1. The van der Waals surface area contributed by atoms with Crippen LogP contribution in [0, 0.1) is 0 Å². The van der Waals surface area contributed by atoms with Gasteiger partial charge in [-0.2, -0.15) is 11.8 Å². The second kappa shape index (κ2) is 5.04. The van der Waals surface area contributed by atoms with E-state index in [1.165, 1.54) is 5.75 Å². The molecule has 0 N–H and O–H groups in total. The molecule has 0 spiro atoms. The minimum absolute atomic E-state index is 0.229. The molecule has 0 bridgehead atoms. The molecule has 1 saturated heterocycles. The van der Waals surface area contributed by atoms with Gasteiger partial charge in [0.05, 0.1) is 5.33 Å². The topological polar surface area (TPSA) is 20.3 Å². The van der Waals surface area contributed by atoms with Gasteiger partial charge in [-0.3, -0.25) is 4.79 Å². The second-order valence-electron chi connectivity index (χ2n) is 2.48. The number of nitrogens with zero attached hydrogens (tertiary/aromatic N) is 1. The number of hydrogen-bond acceptors (Lipinski definition) is 2. The van der Waals surface area contributed by atoms with Crippen molar-refractivity contribution in [3.63, 3.8) is 0 Å². The van der Waals surface area contributed by atoms with Gasteiger partial charge in [0.25, 0.3) is 0 Å². The number of hydrogen-bond donors (Lipinski definition) is 0. The van der Waals surface area contributed by atoms with Gasteiger partial charge < -0.3 is 4.90 Å². The summed E-state index contributed by atoms with van der Waals surface area (Å²) in [7, 11) is 0. The third-order valence-corrected chi connectivity index (χ3v) is 3.22. The van der Waals surface area contributed by atoms with Gasteiger partial charge in [0.15, 0.2) is 0 Å². The van der Waals surface area contributed by atoms with Crippen LogP contribution in [-0.4, -0.2) is 40.7 Å². The van der Waals surface area contributed by atoms with E-state index < -0.39 is 0 Å². The molecule has 1 fully saturated rings. The van der Waals surface area contributed by atoms with Crippen LogP contribution in [0.15, 0.2) is 0 Å². The average molecular weight is 238 g/mol. The Morgan fingerprint density at radius 2 is 2.27 bits per heavy atom. The highest BCUT2D eigenvalue weighted by Crippen LogP contribution is 2.10. The number of carbonyl (C=O) groups is 1. The zero-order chi connectivity index (χ0) is 8.10. The summed E-state index contributed by atoms with van der Waals surface area (Å²) < 4.78 is 0.